The summed E-state index contributed by atoms with van der Waals surface area (Å²) in [7, 11) is 3.08. The molecule has 0 aliphatic heterocycles. The summed E-state index contributed by atoms with van der Waals surface area (Å²) in [6.45, 7) is 1.80. The van der Waals surface area contributed by atoms with E-state index in [0.29, 0.717) is 32.8 Å². The summed E-state index contributed by atoms with van der Waals surface area (Å²) in [6, 6.07) is 12.6. The average molecular weight is 488 g/mol. The van der Waals surface area contributed by atoms with Gasteiger partial charge in [0.15, 0.2) is 11.0 Å². The van der Waals surface area contributed by atoms with Gasteiger partial charge in [-0.2, -0.15) is 0 Å². The molecule has 0 radical (unpaired) electrons. The van der Waals surface area contributed by atoms with Crippen LogP contribution in [0.3, 0.4) is 0 Å². The molecule has 0 saturated heterocycles. The van der Waals surface area contributed by atoms with Gasteiger partial charge in [-0.1, -0.05) is 23.4 Å². The maximum atomic E-state index is 12.4. The predicted molar refractivity (Wildman–Crippen MR) is 125 cm³/mol. The molecule has 0 saturated carbocycles. The third-order valence-corrected chi connectivity index (χ3v) is 5.90. The number of methoxy groups -OCH3 is 1. The van der Waals surface area contributed by atoms with Crippen LogP contribution < -0.4 is 10.6 Å². The smallest absolute Gasteiger partial charge is 0.337 e. The van der Waals surface area contributed by atoms with Crippen LogP contribution in [0.5, 0.6) is 0 Å². The molecule has 0 aliphatic rings. The fourth-order valence-electron chi connectivity index (χ4n) is 2.91. The quantitative estimate of drug-likeness (QED) is 0.369. The van der Waals surface area contributed by atoms with E-state index in [2.05, 4.69) is 25.6 Å². The third kappa shape index (κ3) is 6.33. The second kappa shape index (κ2) is 11.0. The molecule has 0 fully saturated rings. The number of amides is 2. The number of thioether (sulfide) groups is 1. The Morgan fingerprint density at radius 2 is 1.70 bits per heavy atom. The molecule has 1 heterocycles. The van der Waals surface area contributed by atoms with Gasteiger partial charge in [-0.05, 0) is 55.5 Å². The van der Waals surface area contributed by atoms with Crippen molar-refractivity contribution >= 4 is 46.8 Å². The van der Waals surface area contributed by atoms with E-state index in [1.807, 2.05) is 0 Å². The Labute approximate surface area is 199 Å². The number of ether oxygens (including phenoxy) is 1. The van der Waals surface area contributed by atoms with Crippen LogP contribution in [-0.2, 0) is 16.6 Å². The van der Waals surface area contributed by atoms with Crippen LogP contribution in [-0.4, -0.2) is 45.4 Å². The van der Waals surface area contributed by atoms with Gasteiger partial charge in [0.2, 0.25) is 5.91 Å². The second-order valence-corrected chi connectivity index (χ2v) is 8.39. The number of rotatable bonds is 8. The highest BCUT2D eigenvalue weighted by molar-refractivity contribution is 7.99. The number of hydrogen-bond donors (Lipinski definition) is 2. The van der Waals surface area contributed by atoms with Crippen molar-refractivity contribution in [1.29, 1.82) is 0 Å². The molecule has 33 heavy (non-hydrogen) atoms. The molecule has 9 nitrogen and oxygen atoms in total. The lowest BCUT2D eigenvalue weighted by Gasteiger charge is -2.13. The van der Waals surface area contributed by atoms with E-state index in [4.69, 9.17) is 11.6 Å². The molecule has 11 heteroatoms. The van der Waals surface area contributed by atoms with E-state index in [1.54, 1.807) is 67.1 Å². The number of anilines is 1. The molecule has 3 rings (SSSR count). The summed E-state index contributed by atoms with van der Waals surface area (Å²) >= 11 is 7.08. The lowest BCUT2D eigenvalue weighted by molar-refractivity contribution is -0.113. The molecule has 3 aromatic rings. The van der Waals surface area contributed by atoms with Gasteiger partial charge in [-0.15, -0.1) is 10.2 Å². The number of halogens is 1. The van der Waals surface area contributed by atoms with E-state index in [1.165, 1.54) is 18.9 Å². The fraction of sp³-hybridized carbons (Fsp3) is 0.227. The van der Waals surface area contributed by atoms with Crippen LogP contribution in [0.2, 0.25) is 5.02 Å². The van der Waals surface area contributed by atoms with Gasteiger partial charge in [0, 0.05) is 23.3 Å². The molecule has 0 aliphatic carbocycles. The molecule has 0 bridgehead atoms. The van der Waals surface area contributed by atoms with Crippen molar-refractivity contribution in [3.8, 4) is 0 Å². The zero-order valence-electron chi connectivity index (χ0n) is 18.2. The molecule has 0 unspecified atom stereocenters. The maximum Gasteiger partial charge on any atom is 0.337 e. The van der Waals surface area contributed by atoms with Crippen molar-refractivity contribution in [2.75, 3.05) is 18.2 Å². The van der Waals surface area contributed by atoms with E-state index in [0.717, 1.165) is 0 Å². The van der Waals surface area contributed by atoms with Crippen LogP contribution >= 0.6 is 23.4 Å². The van der Waals surface area contributed by atoms with Crippen LogP contribution in [0, 0.1) is 0 Å². The lowest BCUT2D eigenvalue weighted by atomic mass is 10.2. The summed E-state index contributed by atoms with van der Waals surface area (Å²) < 4.78 is 6.38. The highest BCUT2D eigenvalue weighted by Gasteiger charge is 2.19. The minimum Gasteiger partial charge on any atom is -0.465 e. The number of benzene rings is 2. The van der Waals surface area contributed by atoms with Crippen LogP contribution in [0.25, 0.3) is 0 Å². The molecule has 1 aromatic heterocycles. The monoisotopic (exact) mass is 487 g/mol. The topological polar surface area (TPSA) is 115 Å². The minimum absolute atomic E-state index is 0.107. The number of esters is 1. The fourth-order valence-corrected chi connectivity index (χ4v) is 3.75. The molecular weight excluding hydrogens is 466 g/mol. The molecule has 0 spiro atoms. The van der Waals surface area contributed by atoms with Gasteiger partial charge >= 0.3 is 5.97 Å². The van der Waals surface area contributed by atoms with E-state index in [9.17, 15) is 14.4 Å². The number of nitrogens with zero attached hydrogens (tertiary/aromatic N) is 3. The van der Waals surface area contributed by atoms with Crippen LogP contribution in [0.1, 0.15) is 39.5 Å². The van der Waals surface area contributed by atoms with Crippen molar-refractivity contribution in [3.05, 3.63) is 70.5 Å². The lowest BCUT2D eigenvalue weighted by Crippen LogP contribution is -2.28. The van der Waals surface area contributed by atoms with Gasteiger partial charge in [-0.25, -0.2) is 4.79 Å². The third-order valence-electron chi connectivity index (χ3n) is 4.63. The Morgan fingerprint density at radius 1 is 1.06 bits per heavy atom. The zero-order valence-corrected chi connectivity index (χ0v) is 19.7. The molecular formula is C22H22ClN5O4S. The first-order valence-corrected chi connectivity index (χ1v) is 11.2. The largest absolute Gasteiger partial charge is 0.465 e. The summed E-state index contributed by atoms with van der Waals surface area (Å²) in [5, 5.41) is 15.0. The average Bonchev–Trinajstić information content (AvgIpc) is 3.18. The molecule has 172 valence electrons. The van der Waals surface area contributed by atoms with E-state index in [-0.39, 0.29) is 17.6 Å². The highest BCUT2D eigenvalue weighted by atomic mass is 35.5. The van der Waals surface area contributed by atoms with Crippen LogP contribution in [0.15, 0.2) is 53.7 Å². The van der Waals surface area contributed by atoms with Gasteiger partial charge in [-0.3, -0.25) is 9.59 Å². The molecule has 1 atom stereocenters. The van der Waals surface area contributed by atoms with Crippen molar-refractivity contribution in [1.82, 2.24) is 20.1 Å². The number of aromatic nitrogens is 3. The summed E-state index contributed by atoms with van der Waals surface area (Å²) in [6.07, 6.45) is 0. The summed E-state index contributed by atoms with van der Waals surface area (Å²) in [4.78, 5) is 36.2. The number of nitrogens with one attached hydrogen (secondary N) is 2. The first-order chi connectivity index (χ1) is 15.8. The first kappa shape index (κ1) is 24.3. The first-order valence-electron chi connectivity index (χ1n) is 9.85. The van der Waals surface area contributed by atoms with Crippen LogP contribution in [0.4, 0.5) is 5.69 Å². The van der Waals surface area contributed by atoms with Crippen molar-refractivity contribution in [2.24, 2.45) is 7.05 Å². The molecule has 2 aromatic carbocycles. The summed E-state index contributed by atoms with van der Waals surface area (Å²) in [5.74, 6) is -0.275. The SMILES string of the molecule is COC(=O)c1ccc(NC(=O)CSc2nnc([C@@H](C)NC(=O)c3ccc(Cl)cc3)n2C)cc1. The van der Waals surface area contributed by atoms with Gasteiger partial charge in [0.1, 0.15) is 0 Å². The van der Waals surface area contributed by atoms with Crippen molar-refractivity contribution in [2.45, 2.75) is 18.1 Å². The number of carbonyl (C=O) groups excluding carboxylic acids is 3. The van der Waals surface area contributed by atoms with Crippen molar-refractivity contribution < 1.29 is 19.1 Å². The Kier molecular flexibility index (Phi) is 8.07. The van der Waals surface area contributed by atoms with Gasteiger partial charge in [0.05, 0.1) is 24.5 Å². The van der Waals surface area contributed by atoms with E-state index < -0.39 is 12.0 Å². The Hall–Kier alpha value is -3.37. The highest BCUT2D eigenvalue weighted by Crippen LogP contribution is 2.20. The zero-order chi connectivity index (χ0) is 24.0. The molecule has 2 N–H and O–H groups in total. The number of carbonyl (C=O) groups is 3. The normalized spacial score (nSPS) is 11.5. The summed E-state index contributed by atoms with van der Waals surface area (Å²) in [5.41, 5.74) is 1.44. The Balaban J connectivity index is 1.54. The minimum atomic E-state index is -0.444. The maximum absolute atomic E-state index is 12.4. The number of hydrogen-bond acceptors (Lipinski definition) is 7. The second-order valence-electron chi connectivity index (χ2n) is 7.01. The van der Waals surface area contributed by atoms with Crippen molar-refractivity contribution in [3.63, 3.8) is 0 Å². The van der Waals surface area contributed by atoms with E-state index >= 15 is 0 Å². The van der Waals surface area contributed by atoms with Gasteiger partial charge < -0.3 is 19.9 Å². The standard InChI is InChI=1S/C22H22ClN5O4S/c1-13(24-20(30)14-4-8-16(23)9-5-14)19-26-27-22(28(19)2)33-12-18(29)25-17-10-6-15(7-11-17)21(31)32-3/h4-11,13H,12H2,1-3H3,(H,24,30)(H,25,29)/t13-/m1/s1. The Bertz CT molecular complexity index is 1150. The Morgan fingerprint density at radius 3 is 2.33 bits per heavy atom. The molecule has 2 amide bonds. The predicted octanol–water partition coefficient (Wildman–Crippen LogP) is 3.48. The van der Waals surface area contributed by atoms with Gasteiger partial charge in [0.25, 0.3) is 5.91 Å².